The Balaban J connectivity index is 1.69. The third kappa shape index (κ3) is 5.51. The van der Waals surface area contributed by atoms with Gasteiger partial charge in [0.1, 0.15) is 0 Å². The summed E-state index contributed by atoms with van der Waals surface area (Å²) in [6.07, 6.45) is 0. The number of anilines is 2. The van der Waals surface area contributed by atoms with Gasteiger partial charge in [-0.3, -0.25) is 9.52 Å². The number of hydrogen-bond donors (Lipinski definition) is 2. The fourth-order valence-electron chi connectivity index (χ4n) is 2.57. The number of carbonyl (C=O) groups excluding carboxylic acids is 1. The lowest BCUT2D eigenvalue weighted by Gasteiger charge is -2.09. The average Bonchev–Trinajstić information content (AvgIpc) is 3.13. The second kappa shape index (κ2) is 9.34. The first-order valence-corrected chi connectivity index (χ1v) is 12.3. The number of nitrogens with zero attached hydrogens (tertiary/aromatic N) is 2. The Kier molecular flexibility index (Phi) is 7.02. The number of amides is 1. The number of aromatic nitrogens is 2. The second-order valence-electron chi connectivity index (χ2n) is 6.39. The smallest absolute Gasteiger partial charge is 0.264 e. The molecule has 1 amide bonds. The zero-order valence-electron chi connectivity index (χ0n) is 16.3. The molecule has 0 aliphatic rings. The summed E-state index contributed by atoms with van der Waals surface area (Å²) in [7, 11) is -3.82. The van der Waals surface area contributed by atoms with Crippen molar-refractivity contribution in [3.63, 3.8) is 0 Å². The van der Waals surface area contributed by atoms with E-state index in [-0.39, 0.29) is 21.2 Å². The van der Waals surface area contributed by atoms with Gasteiger partial charge in [-0.05, 0) is 55.8 Å². The molecule has 0 fully saturated rings. The summed E-state index contributed by atoms with van der Waals surface area (Å²) in [5, 5.41) is 3.19. The molecule has 0 bridgehead atoms. The molecule has 2 N–H and O–H groups in total. The minimum atomic E-state index is -3.82. The normalized spacial score (nSPS) is 12.4. The van der Waals surface area contributed by atoms with E-state index in [4.69, 9.17) is 11.6 Å². The van der Waals surface area contributed by atoms with Crippen molar-refractivity contribution in [3.05, 3.63) is 58.9 Å². The first kappa shape index (κ1) is 22.5. The van der Waals surface area contributed by atoms with Crippen LogP contribution in [0.1, 0.15) is 30.5 Å². The Morgan fingerprint density at radius 2 is 1.90 bits per heavy atom. The topological polar surface area (TPSA) is 101 Å². The summed E-state index contributed by atoms with van der Waals surface area (Å²) in [4.78, 5) is 16.5. The maximum absolute atomic E-state index is 12.7. The second-order valence-corrected chi connectivity index (χ2v) is 10.6. The predicted octanol–water partition coefficient (Wildman–Crippen LogP) is 5.11. The number of rotatable bonds is 7. The molecular weight excluding hydrogens is 464 g/mol. The van der Waals surface area contributed by atoms with Crippen LogP contribution in [0.3, 0.4) is 0 Å². The lowest BCUT2D eigenvalue weighted by atomic mass is 10.2. The largest absolute Gasteiger partial charge is 0.326 e. The molecule has 1 aromatic heterocycles. The molecule has 0 radical (unpaired) electrons. The third-order valence-corrected chi connectivity index (χ3v) is 7.80. The highest BCUT2D eigenvalue weighted by molar-refractivity contribution is 7.99. The summed E-state index contributed by atoms with van der Waals surface area (Å²) in [5.74, 6) is 0.398. The summed E-state index contributed by atoms with van der Waals surface area (Å²) in [5.41, 5.74) is 1.20. The predicted molar refractivity (Wildman–Crippen MR) is 122 cm³/mol. The van der Waals surface area contributed by atoms with Crippen molar-refractivity contribution in [1.29, 1.82) is 0 Å². The molecule has 0 spiro atoms. The number of carbonyl (C=O) groups is 1. The third-order valence-electron chi connectivity index (χ3n) is 4.02. The fourth-order valence-corrected chi connectivity index (χ4v) is 5.92. The van der Waals surface area contributed by atoms with Crippen LogP contribution in [-0.4, -0.2) is 23.7 Å². The summed E-state index contributed by atoms with van der Waals surface area (Å²) < 4.78 is 32.1. The van der Waals surface area contributed by atoms with Gasteiger partial charge in [-0.15, -0.1) is 11.8 Å². The van der Waals surface area contributed by atoms with Crippen molar-refractivity contribution in [1.82, 2.24) is 9.36 Å². The van der Waals surface area contributed by atoms with Gasteiger partial charge in [0.25, 0.3) is 10.0 Å². The van der Waals surface area contributed by atoms with E-state index < -0.39 is 10.0 Å². The molecule has 0 aliphatic carbocycles. The van der Waals surface area contributed by atoms with Gasteiger partial charge < -0.3 is 5.32 Å². The number of halogens is 1. The van der Waals surface area contributed by atoms with Crippen LogP contribution in [-0.2, 0) is 14.8 Å². The van der Waals surface area contributed by atoms with Crippen molar-refractivity contribution >= 4 is 61.6 Å². The minimum absolute atomic E-state index is 0.0981. The zero-order valence-corrected chi connectivity index (χ0v) is 19.5. The minimum Gasteiger partial charge on any atom is -0.326 e. The highest BCUT2D eigenvalue weighted by Crippen LogP contribution is 2.35. The average molecular weight is 483 g/mol. The van der Waals surface area contributed by atoms with Crippen LogP contribution in [0.5, 0.6) is 0 Å². The van der Waals surface area contributed by atoms with Crippen molar-refractivity contribution in [2.45, 2.75) is 35.8 Å². The molecule has 1 atom stereocenters. The van der Waals surface area contributed by atoms with E-state index in [1.807, 2.05) is 31.2 Å². The van der Waals surface area contributed by atoms with Crippen molar-refractivity contribution < 1.29 is 13.2 Å². The SMILES string of the molecule is CC(=O)Nc1ccc(SC(C)c2nsc(NS(=O)(=O)c3cccc(Cl)c3C)n2)cc1. The molecule has 30 heavy (non-hydrogen) atoms. The molecule has 11 heteroatoms. The molecule has 1 unspecified atom stereocenters. The Morgan fingerprint density at radius 3 is 2.57 bits per heavy atom. The monoisotopic (exact) mass is 482 g/mol. The van der Waals surface area contributed by atoms with E-state index in [9.17, 15) is 13.2 Å². The van der Waals surface area contributed by atoms with E-state index in [1.54, 1.807) is 19.1 Å². The Bertz CT molecular complexity index is 1160. The van der Waals surface area contributed by atoms with Crippen LogP contribution in [0.2, 0.25) is 5.02 Å². The van der Waals surface area contributed by atoms with Crippen molar-refractivity contribution in [2.24, 2.45) is 0 Å². The fraction of sp³-hybridized carbons (Fsp3) is 0.211. The first-order chi connectivity index (χ1) is 14.2. The van der Waals surface area contributed by atoms with Gasteiger partial charge in [0.05, 0.1) is 10.1 Å². The Morgan fingerprint density at radius 1 is 1.20 bits per heavy atom. The van der Waals surface area contributed by atoms with Gasteiger partial charge in [-0.2, -0.15) is 4.37 Å². The quantitative estimate of drug-likeness (QED) is 0.453. The molecule has 0 aliphatic heterocycles. The summed E-state index contributed by atoms with van der Waals surface area (Å²) >= 11 is 8.55. The van der Waals surface area contributed by atoms with Crippen LogP contribution in [0.4, 0.5) is 10.8 Å². The number of thioether (sulfide) groups is 1. The van der Waals surface area contributed by atoms with Gasteiger partial charge in [-0.1, -0.05) is 17.7 Å². The molecule has 1 heterocycles. The zero-order chi connectivity index (χ0) is 21.9. The maximum atomic E-state index is 12.7. The number of nitrogens with one attached hydrogen (secondary N) is 2. The Labute approximate surface area is 188 Å². The number of benzene rings is 2. The van der Waals surface area contributed by atoms with E-state index in [1.165, 1.54) is 24.8 Å². The molecule has 7 nitrogen and oxygen atoms in total. The van der Waals surface area contributed by atoms with Crippen LogP contribution in [0.15, 0.2) is 52.3 Å². The van der Waals surface area contributed by atoms with Gasteiger partial charge in [0.15, 0.2) is 5.82 Å². The van der Waals surface area contributed by atoms with Gasteiger partial charge in [-0.25, -0.2) is 13.4 Å². The Hall–Kier alpha value is -2.14. The lowest BCUT2D eigenvalue weighted by molar-refractivity contribution is -0.114. The van der Waals surface area contributed by atoms with Gasteiger partial charge in [0.2, 0.25) is 11.0 Å². The van der Waals surface area contributed by atoms with Crippen molar-refractivity contribution in [3.8, 4) is 0 Å². The highest BCUT2D eigenvalue weighted by atomic mass is 35.5. The molecule has 0 saturated carbocycles. The molecule has 2 aromatic carbocycles. The standard InChI is InChI=1S/C19H19ClN4O3S3/c1-11-16(20)5-4-6-17(11)30(26,27)24-19-22-18(23-29-19)12(2)28-15-9-7-14(8-10-15)21-13(3)25/h4-10,12H,1-3H3,(H,21,25)(H,22,23,24). The molecule has 3 aromatic rings. The maximum Gasteiger partial charge on any atom is 0.264 e. The molecule has 3 rings (SSSR count). The summed E-state index contributed by atoms with van der Waals surface area (Å²) in [6.45, 7) is 5.05. The van der Waals surface area contributed by atoms with Crippen LogP contribution in [0.25, 0.3) is 0 Å². The number of hydrogen-bond acceptors (Lipinski definition) is 7. The van der Waals surface area contributed by atoms with Crippen LogP contribution in [0, 0.1) is 6.92 Å². The highest BCUT2D eigenvalue weighted by Gasteiger charge is 2.21. The lowest BCUT2D eigenvalue weighted by Crippen LogP contribution is -2.14. The summed E-state index contributed by atoms with van der Waals surface area (Å²) in [6, 6.07) is 12.1. The molecule has 158 valence electrons. The van der Waals surface area contributed by atoms with Gasteiger partial charge in [0, 0.05) is 34.1 Å². The first-order valence-electron chi connectivity index (χ1n) is 8.81. The van der Waals surface area contributed by atoms with Crippen molar-refractivity contribution in [2.75, 3.05) is 10.0 Å². The van der Waals surface area contributed by atoms with E-state index in [2.05, 4.69) is 19.4 Å². The van der Waals surface area contributed by atoms with Gasteiger partial charge >= 0.3 is 0 Å². The van der Waals surface area contributed by atoms with E-state index in [0.717, 1.165) is 22.1 Å². The van der Waals surface area contributed by atoms with E-state index in [0.29, 0.717) is 16.4 Å². The van der Waals surface area contributed by atoms with E-state index >= 15 is 0 Å². The number of sulfonamides is 1. The molecule has 0 saturated heterocycles. The molecular formula is C19H19ClN4O3S3. The van der Waals surface area contributed by atoms with Crippen LogP contribution < -0.4 is 10.0 Å². The van der Waals surface area contributed by atoms with Crippen LogP contribution >= 0.6 is 34.9 Å².